The van der Waals surface area contributed by atoms with Crippen LogP contribution in [-0.4, -0.2) is 53.0 Å². The molecule has 20 heavy (non-hydrogen) atoms. The third-order valence-corrected chi connectivity index (χ3v) is 3.91. The fourth-order valence-corrected chi connectivity index (χ4v) is 2.69. The Labute approximate surface area is 123 Å². The summed E-state index contributed by atoms with van der Waals surface area (Å²) in [7, 11) is 0. The Morgan fingerprint density at radius 1 is 1.20 bits per heavy atom. The quantitative estimate of drug-likeness (QED) is 0.915. The molecule has 0 unspecified atom stereocenters. The lowest BCUT2D eigenvalue weighted by atomic mass is 10.0. The summed E-state index contributed by atoms with van der Waals surface area (Å²) in [6, 6.07) is 4.29. The molecular formula is C16H28N4. The van der Waals surface area contributed by atoms with E-state index in [0.29, 0.717) is 5.54 Å². The highest BCUT2D eigenvalue weighted by Crippen LogP contribution is 2.17. The third kappa shape index (κ3) is 4.18. The van der Waals surface area contributed by atoms with Crippen LogP contribution in [-0.2, 0) is 6.54 Å². The lowest BCUT2D eigenvalue weighted by Crippen LogP contribution is -2.53. The second-order valence-electron chi connectivity index (χ2n) is 6.51. The van der Waals surface area contributed by atoms with Gasteiger partial charge in [0.25, 0.3) is 0 Å². The van der Waals surface area contributed by atoms with Crippen molar-refractivity contribution in [2.45, 2.75) is 39.8 Å². The number of nitrogens with one attached hydrogen (secondary N) is 1. The van der Waals surface area contributed by atoms with E-state index in [1.54, 1.807) is 0 Å². The number of piperazine rings is 1. The fraction of sp³-hybridized carbons (Fsp3) is 0.688. The van der Waals surface area contributed by atoms with Crippen LogP contribution in [0.4, 0.5) is 5.82 Å². The summed E-state index contributed by atoms with van der Waals surface area (Å²) in [6.45, 7) is 15.6. The van der Waals surface area contributed by atoms with Crippen LogP contribution in [0.3, 0.4) is 0 Å². The summed E-state index contributed by atoms with van der Waals surface area (Å²) in [6.07, 6.45) is 1.90. The average molecular weight is 276 g/mol. The van der Waals surface area contributed by atoms with Crippen molar-refractivity contribution in [2.75, 3.05) is 38.0 Å². The van der Waals surface area contributed by atoms with Crippen LogP contribution in [0.15, 0.2) is 18.3 Å². The molecule has 0 atom stereocenters. The second-order valence-corrected chi connectivity index (χ2v) is 6.51. The maximum atomic E-state index is 4.33. The number of hydrogen-bond donors (Lipinski definition) is 1. The zero-order valence-electron chi connectivity index (χ0n) is 13.3. The van der Waals surface area contributed by atoms with E-state index in [1.165, 1.54) is 5.56 Å². The van der Waals surface area contributed by atoms with Crippen molar-refractivity contribution in [3.05, 3.63) is 23.9 Å². The highest BCUT2D eigenvalue weighted by molar-refractivity contribution is 5.37. The molecule has 4 heteroatoms. The Morgan fingerprint density at radius 2 is 1.90 bits per heavy atom. The lowest BCUT2D eigenvalue weighted by molar-refractivity contribution is 0.0591. The Kier molecular flexibility index (Phi) is 5.00. The number of anilines is 1. The molecule has 1 aliphatic heterocycles. The van der Waals surface area contributed by atoms with Gasteiger partial charge in [0, 0.05) is 51.0 Å². The van der Waals surface area contributed by atoms with Gasteiger partial charge in [-0.3, -0.25) is 9.80 Å². The molecule has 0 radical (unpaired) electrons. The minimum atomic E-state index is 0.293. The van der Waals surface area contributed by atoms with E-state index in [2.05, 4.69) is 59.9 Å². The topological polar surface area (TPSA) is 31.4 Å². The summed E-state index contributed by atoms with van der Waals surface area (Å²) in [5.74, 6) is 0.985. The number of nitrogens with zero attached hydrogens (tertiary/aromatic N) is 3. The highest BCUT2D eigenvalue weighted by Gasteiger charge is 2.25. The molecule has 112 valence electrons. The van der Waals surface area contributed by atoms with Crippen LogP contribution in [0, 0.1) is 0 Å². The number of pyridine rings is 1. The van der Waals surface area contributed by atoms with E-state index in [0.717, 1.165) is 45.1 Å². The molecule has 1 aliphatic rings. The number of hydrogen-bond acceptors (Lipinski definition) is 4. The van der Waals surface area contributed by atoms with Crippen molar-refractivity contribution in [3.8, 4) is 0 Å². The Bertz CT molecular complexity index is 417. The predicted octanol–water partition coefficient (Wildman–Crippen LogP) is 2.43. The monoisotopic (exact) mass is 276 g/mol. The summed E-state index contributed by atoms with van der Waals surface area (Å²) >= 11 is 0. The lowest BCUT2D eigenvalue weighted by Gasteiger charge is -2.42. The molecule has 0 aromatic carbocycles. The predicted molar refractivity (Wildman–Crippen MR) is 85.0 cm³/mol. The summed E-state index contributed by atoms with van der Waals surface area (Å²) < 4.78 is 0. The Hall–Kier alpha value is -1.13. The highest BCUT2D eigenvalue weighted by atomic mass is 15.3. The minimum Gasteiger partial charge on any atom is -0.370 e. The summed E-state index contributed by atoms with van der Waals surface area (Å²) in [5.41, 5.74) is 1.64. The maximum Gasteiger partial charge on any atom is 0.126 e. The molecule has 1 aromatic rings. The van der Waals surface area contributed by atoms with Gasteiger partial charge in [0.15, 0.2) is 0 Å². The van der Waals surface area contributed by atoms with Crippen molar-refractivity contribution < 1.29 is 0 Å². The van der Waals surface area contributed by atoms with Gasteiger partial charge in [-0.15, -0.1) is 0 Å². The van der Waals surface area contributed by atoms with Gasteiger partial charge in [0.1, 0.15) is 5.82 Å². The minimum absolute atomic E-state index is 0.293. The van der Waals surface area contributed by atoms with Gasteiger partial charge in [0.05, 0.1) is 0 Å². The molecule has 0 aliphatic carbocycles. The number of rotatable bonds is 4. The van der Waals surface area contributed by atoms with E-state index in [4.69, 9.17) is 0 Å². The van der Waals surface area contributed by atoms with E-state index < -0.39 is 0 Å². The summed E-state index contributed by atoms with van der Waals surface area (Å²) in [4.78, 5) is 9.43. The largest absolute Gasteiger partial charge is 0.370 e. The van der Waals surface area contributed by atoms with Crippen LogP contribution >= 0.6 is 0 Å². The van der Waals surface area contributed by atoms with Crippen LogP contribution in [0.2, 0.25) is 0 Å². The molecule has 0 bridgehead atoms. The molecule has 1 aromatic heterocycles. The van der Waals surface area contributed by atoms with Gasteiger partial charge in [-0.05, 0) is 45.4 Å². The molecule has 1 N–H and O–H groups in total. The van der Waals surface area contributed by atoms with Gasteiger partial charge in [-0.2, -0.15) is 0 Å². The van der Waals surface area contributed by atoms with E-state index in [1.807, 2.05) is 6.20 Å². The molecule has 0 spiro atoms. The van der Waals surface area contributed by atoms with Gasteiger partial charge >= 0.3 is 0 Å². The van der Waals surface area contributed by atoms with E-state index in [9.17, 15) is 0 Å². The normalized spacial score (nSPS) is 18.2. The van der Waals surface area contributed by atoms with E-state index >= 15 is 0 Å². The standard InChI is InChI=1S/C16H28N4/c1-5-17-15-12-14(6-7-18-15)13-19-8-10-20(11-9-19)16(2,3)4/h6-7,12H,5,8-11,13H2,1-4H3,(H,17,18). The Morgan fingerprint density at radius 3 is 2.50 bits per heavy atom. The van der Waals surface area contributed by atoms with Crippen LogP contribution < -0.4 is 5.32 Å². The summed E-state index contributed by atoms with van der Waals surface area (Å²) in [5, 5.41) is 3.27. The zero-order chi connectivity index (χ0) is 14.6. The molecule has 2 rings (SSSR count). The van der Waals surface area contributed by atoms with Crippen molar-refractivity contribution in [1.29, 1.82) is 0 Å². The first-order valence-corrected chi connectivity index (χ1v) is 7.65. The smallest absolute Gasteiger partial charge is 0.126 e. The number of aromatic nitrogens is 1. The van der Waals surface area contributed by atoms with Crippen molar-refractivity contribution in [3.63, 3.8) is 0 Å². The average Bonchev–Trinajstić information content (AvgIpc) is 2.39. The van der Waals surface area contributed by atoms with Crippen molar-refractivity contribution in [2.24, 2.45) is 0 Å². The van der Waals surface area contributed by atoms with Crippen LogP contribution in [0.5, 0.6) is 0 Å². The van der Waals surface area contributed by atoms with E-state index in [-0.39, 0.29) is 0 Å². The maximum absolute atomic E-state index is 4.33. The zero-order valence-corrected chi connectivity index (χ0v) is 13.3. The van der Waals surface area contributed by atoms with Crippen molar-refractivity contribution >= 4 is 5.82 Å². The van der Waals surface area contributed by atoms with Crippen molar-refractivity contribution in [1.82, 2.24) is 14.8 Å². The van der Waals surface area contributed by atoms with Gasteiger partial charge in [0.2, 0.25) is 0 Å². The second kappa shape index (κ2) is 6.55. The SMILES string of the molecule is CCNc1cc(CN2CCN(C(C)(C)C)CC2)ccn1. The Balaban J connectivity index is 1.88. The van der Waals surface area contributed by atoms with Gasteiger partial charge in [-0.25, -0.2) is 4.98 Å². The molecule has 1 fully saturated rings. The molecule has 2 heterocycles. The first kappa shape index (κ1) is 15.3. The molecule has 0 amide bonds. The van der Waals surface area contributed by atoms with Gasteiger partial charge < -0.3 is 5.32 Å². The fourth-order valence-electron chi connectivity index (χ4n) is 2.69. The third-order valence-electron chi connectivity index (χ3n) is 3.91. The first-order chi connectivity index (χ1) is 9.49. The first-order valence-electron chi connectivity index (χ1n) is 7.65. The molecule has 0 saturated carbocycles. The van der Waals surface area contributed by atoms with Crippen LogP contribution in [0.1, 0.15) is 33.3 Å². The molecule has 4 nitrogen and oxygen atoms in total. The molecule has 1 saturated heterocycles. The molecular weight excluding hydrogens is 248 g/mol. The van der Waals surface area contributed by atoms with Gasteiger partial charge in [-0.1, -0.05) is 0 Å². The van der Waals surface area contributed by atoms with Crippen LogP contribution in [0.25, 0.3) is 0 Å².